The van der Waals surface area contributed by atoms with Gasteiger partial charge in [-0.2, -0.15) is 13.2 Å². The minimum atomic E-state index is -5.13. The molecule has 0 saturated carbocycles. The van der Waals surface area contributed by atoms with Gasteiger partial charge in [0, 0.05) is 6.20 Å². The van der Waals surface area contributed by atoms with E-state index < -0.39 is 29.4 Å². The van der Waals surface area contributed by atoms with Crippen LogP contribution in [-0.2, 0) is 4.79 Å². The minimum Gasteiger partial charge on any atom is -0.477 e. The molecular weight excluding hydrogens is 291 g/mol. The van der Waals surface area contributed by atoms with Crippen LogP contribution in [0.1, 0.15) is 10.4 Å². The van der Waals surface area contributed by atoms with Gasteiger partial charge in [0.2, 0.25) is 0 Å². The molecule has 0 fully saturated rings. The zero-order valence-electron chi connectivity index (χ0n) is 10.3. The van der Waals surface area contributed by atoms with Crippen molar-refractivity contribution in [3.8, 4) is 5.69 Å². The molecule has 2 N–H and O–H groups in total. The Balaban J connectivity index is 2.39. The summed E-state index contributed by atoms with van der Waals surface area (Å²) in [6.07, 6.45) is -4.12. The lowest BCUT2D eigenvalue weighted by Crippen LogP contribution is -2.30. The summed E-state index contributed by atoms with van der Waals surface area (Å²) in [4.78, 5) is 21.9. The van der Waals surface area contributed by atoms with E-state index in [1.54, 1.807) is 30.3 Å². The van der Waals surface area contributed by atoms with E-state index in [-0.39, 0.29) is 0 Å². The molecule has 6 nitrogen and oxygen atoms in total. The van der Waals surface area contributed by atoms with Gasteiger partial charge in [-0.1, -0.05) is 18.2 Å². The number of benzene rings is 1. The second kappa shape index (κ2) is 5.27. The van der Waals surface area contributed by atoms with E-state index in [2.05, 4.69) is 5.10 Å². The van der Waals surface area contributed by atoms with E-state index in [4.69, 9.17) is 5.11 Å². The molecule has 0 saturated heterocycles. The van der Waals surface area contributed by atoms with Gasteiger partial charge in [0.25, 0.3) is 0 Å². The summed E-state index contributed by atoms with van der Waals surface area (Å²) in [5.74, 6) is -4.47. The average Bonchev–Trinajstić information content (AvgIpc) is 2.83. The van der Waals surface area contributed by atoms with Crippen molar-refractivity contribution < 1.29 is 27.9 Å². The third kappa shape index (κ3) is 3.19. The van der Waals surface area contributed by atoms with Crippen LogP contribution in [0.5, 0.6) is 0 Å². The molecule has 2 rings (SSSR count). The lowest BCUT2D eigenvalue weighted by atomic mass is 10.3. The van der Waals surface area contributed by atoms with Gasteiger partial charge in [0.15, 0.2) is 5.82 Å². The molecule has 2 aromatic rings. The Labute approximate surface area is 115 Å². The van der Waals surface area contributed by atoms with Crippen molar-refractivity contribution >= 4 is 17.7 Å². The number of anilines is 1. The highest BCUT2D eigenvalue weighted by molar-refractivity contribution is 6.01. The fourth-order valence-corrected chi connectivity index (χ4v) is 1.51. The molecular formula is C12H8F3N3O3. The molecule has 0 aliphatic carbocycles. The average molecular weight is 299 g/mol. The Kier molecular flexibility index (Phi) is 3.66. The maximum atomic E-state index is 12.2. The van der Waals surface area contributed by atoms with Crippen molar-refractivity contribution in [2.75, 3.05) is 5.32 Å². The van der Waals surface area contributed by atoms with Crippen LogP contribution in [0.25, 0.3) is 5.69 Å². The van der Waals surface area contributed by atoms with Crippen LogP contribution < -0.4 is 5.32 Å². The van der Waals surface area contributed by atoms with E-state index >= 15 is 0 Å². The lowest BCUT2D eigenvalue weighted by Gasteiger charge is -2.05. The summed E-state index contributed by atoms with van der Waals surface area (Å²) in [5.41, 5.74) is -0.107. The number of aromatic nitrogens is 2. The molecule has 0 atom stereocenters. The fraction of sp³-hybridized carbons (Fsp3) is 0.0833. The first-order chi connectivity index (χ1) is 9.79. The van der Waals surface area contributed by atoms with Gasteiger partial charge < -0.3 is 10.4 Å². The zero-order valence-corrected chi connectivity index (χ0v) is 10.3. The summed E-state index contributed by atoms with van der Waals surface area (Å²) in [5, 5.41) is 14.1. The molecule has 9 heteroatoms. The second-order valence-electron chi connectivity index (χ2n) is 3.93. The van der Waals surface area contributed by atoms with Crippen LogP contribution in [0.3, 0.4) is 0 Å². The normalized spacial score (nSPS) is 11.2. The smallest absolute Gasteiger partial charge is 0.471 e. The number of halogens is 3. The molecule has 0 bridgehead atoms. The Morgan fingerprint density at radius 2 is 1.81 bits per heavy atom. The molecule has 110 valence electrons. The number of para-hydroxylation sites is 1. The summed E-state index contributed by atoms with van der Waals surface area (Å²) in [7, 11) is 0. The van der Waals surface area contributed by atoms with Crippen molar-refractivity contribution in [3.63, 3.8) is 0 Å². The van der Waals surface area contributed by atoms with E-state index in [9.17, 15) is 22.8 Å². The van der Waals surface area contributed by atoms with Crippen LogP contribution in [0.15, 0.2) is 36.5 Å². The van der Waals surface area contributed by atoms with Gasteiger partial charge in [-0.25, -0.2) is 9.48 Å². The molecule has 1 heterocycles. The number of alkyl halides is 3. The number of carbonyl (C=O) groups is 2. The third-order valence-corrected chi connectivity index (χ3v) is 2.45. The number of nitrogens with zero attached hydrogens (tertiary/aromatic N) is 2. The molecule has 21 heavy (non-hydrogen) atoms. The van der Waals surface area contributed by atoms with Crippen molar-refractivity contribution in [3.05, 3.63) is 42.1 Å². The molecule has 0 radical (unpaired) electrons. The number of hydrogen-bond donors (Lipinski definition) is 2. The topological polar surface area (TPSA) is 84.2 Å². The monoisotopic (exact) mass is 299 g/mol. The zero-order chi connectivity index (χ0) is 15.6. The van der Waals surface area contributed by atoms with Gasteiger partial charge in [-0.15, -0.1) is 5.10 Å². The Hall–Kier alpha value is -2.84. The van der Waals surface area contributed by atoms with Gasteiger partial charge in [-0.3, -0.25) is 4.79 Å². The highest BCUT2D eigenvalue weighted by Crippen LogP contribution is 2.21. The summed E-state index contributed by atoms with van der Waals surface area (Å²) < 4.78 is 37.7. The highest BCUT2D eigenvalue weighted by Gasteiger charge is 2.39. The maximum Gasteiger partial charge on any atom is 0.471 e. The van der Waals surface area contributed by atoms with Crippen LogP contribution >= 0.6 is 0 Å². The third-order valence-electron chi connectivity index (χ3n) is 2.45. The number of rotatable bonds is 3. The fourth-order valence-electron chi connectivity index (χ4n) is 1.51. The van der Waals surface area contributed by atoms with Crippen molar-refractivity contribution in [2.24, 2.45) is 0 Å². The Morgan fingerprint density at radius 1 is 1.19 bits per heavy atom. The van der Waals surface area contributed by atoms with Crippen LogP contribution in [0.2, 0.25) is 0 Å². The molecule has 0 unspecified atom stereocenters. The van der Waals surface area contributed by atoms with E-state index in [1.807, 2.05) is 0 Å². The lowest BCUT2D eigenvalue weighted by molar-refractivity contribution is -0.167. The number of amides is 1. The number of nitrogens with one attached hydrogen (secondary N) is 1. The molecule has 0 aliphatic heterocycles. The predicted octanol–water partition coefficient (Wildman–Crippen LogP) is 2.07. The summed E-state index contributed by atoms with van der Waals surface area (Å²) in [6, 6.07) is 8.15. The number of carbonyl (C=O) groups excluding carboxylic acids is 1. The number of carboxylic acids is 1. The van der Waals surface area contributed by atoms with Gasteiger partial charge in [-0.05, 0) is 12.1 Å². The molecule has 0 aliphatic rings. The molecule has 1 aromatic heterocycles. The van der Waals surface area contributed by atoms with E-state index in [1.165, 1.54) is 5.32 Å². The summed E-state index contributed by atoms with van der Waals surface area (Å²) >= 11 is 0. The van der Waals surface area contributed by atoms with Gasteiger partial charge in [0.1, 0.15) is 5.56 Å². The minimum absolute atomic E-state index is 0.438. The first-order valence-corrected chi connectivity index (χ1v) is 5.55. The van der Waals surface area contributed by atoms with Crippen LogP contribution in [0.4, 0.5) is 19.0 Å². The van der Waals surface area contributed by atoms with Crippen molar-refractivity contribution in [1.82, 2.24) is 9.78 Å². The summed E-state index contributed by atoms with van der Waals surface area (Å²) in [6.45, 7) is 0. The standard InChI is InChI=1S/C12H8F3N3O3/c13-12(14,15)11(21)16-9-8(10(19)20)6-18(17-9)7-4-2-1-3-5-7/h1-6H,(H,19,20)(H,16,17,21). The maximum absolute atomic E-state index is 12.2. The Bertz CT molecular complexity index is 680. The van der Waals surface area contributed by atoms with Crippen molar-refractivity contribution in [1.29, 1.82) is 0 Å². The van der Waals surface area contributed by atoms with Crippen LogP contribution in [-0.4, -0.2) is 32.9 Å². The molecule has 0 spiro atoms. The van der Waals surface area contributed by atoms with Gasteiger partial charge in [0.05, 0.1) is 5.69 Å². The second-order valence-corrected chi connectivity index (χ2v) is 3.93. The van der Waals surface area contributed by atoms with Crippen LogP contribution in [0, 0.1) is 0 Å². The highest BCUT2D eigenvalue weighted by atomic mass is 19.4. The number of carboxylic acid groups (broad SMARTS) is 1. The SMILES string of the molecule is O=C(O)c1cn(-c2ccccc2)nc1NC(=O)C(F)(F)F. The first kappa shape index (κ1) is 14.6. The largest absolute Gasteiger partial charge is 0.477 e. The molecule has 1 amide bonds. The predicted molar refractivity (Wildman–Crippen MR) is 65.2 cm³/mol. The van der Waals surface area contributed by atoms with Gasteiger partial charge >= 0.3 is 18.1 Å². The number of aromatic carboxylic acids is 1. The Morgan fingerprint density at radius 3 is 2.33 bits per heavy atom. The van der Waals surface area contributed by atoms with E-state index in [0.717, 1.165) is 10.9 Å². The van der Waals surface area contributed by atoms with Crippen molar-refractivity contribution in [2.45, 2.75) is 6.18 Å². The van der Waals surface area contributed by atoms with E-state index in [0.29, 0.717) is 5.69 Å². The number of hydrogen-bond acceptors (Lipinski definition) is 3. The first-order valence-electron chi connectivity index (χ1n) is 5.55. The quantitative estimate of drug-likeness (QED) is 0.908. The molecule has 1 aromatic carbocycles.